The lowest BCUT2D eigenvalue weighted by molar-refractivity contribution is -0.137. The molecule has 140 valence electrons. The molecule has 0 saturated carbocycles. The third-order valence-corrected chi connectivity index (χ3v) is 5.01. The van der Waals surface area contributed by atoms with Crippen LogP contribution in [0.2, 0.25) is 0 Å². The molecule has 0 aliphatic rings. The SMILES string of the molecule is COC(=O)c1c(C)[nH]c(C(=O)[C@H](C)Sc2cccc(C(F)(F)F)c2)c1C. The minimum absolute atomic E-state index is 0.259. The number of ketones is 1. The number of esters is 1. The molecule has 1 aromatic heterocycles. The summed E-state index contributed by atoms with van der Waals surface area (Å²) < 4.78 is 43.1. The van der Waals surface area contributed by atoms with E-state index in [1.54, 1.807) is 20.8 Å². The Kier molecular flexibility index (Phi) is 5.85. The number of aryl methyl sites for hydroxylation is 1. The first-order valence-electron chi connectivity index (χ1n) is 7.71. The molecule has 0 unspecified atom stereocenters. The van der Waals surface area contributed by atoms with E-state index in [2.05, 4.69) is 4.98 Å². The van der Waals surface area contributed by atoms with Gasteiger partial charge >= 0.3 is 12.1 Å². The Balaban J connectivity index is 2.25. The van der Waals surface area contributed by atoms with E-state index in [-0.39, 0.29) is 11.5 Å². The fraction of sp³-hybridized carbons (Fsp3) is 0.333. The number of carbonyl (C=O) groups excluding carboxylic acids is 2. The van der Waals surface area contributed by atoms with Gasteiger partial charge in [0.15, 0.2) is 5.78 Å². The van der Waals surface area contributed by atoms with Crippen molar-refractivity contribution >= 4 is 23.5 Å². The number of aromatic amines is 1. The lowest BCUT2D eigenvalue weighted by atomic mass is 10.1. The highest BCUT2D eigenvalue weighted by atomic mass is 32.2. The fourth-order valence-corrected chi connectivity index (χ4v) is 3.60. The quantitative estimate of drug-likeness (QED) is 0.456. The first-order chi connectivity index (χ1) is 12.1. The molecular formula is C18H18F3NO3S. The highest BCUT2D eigenvalue weighted by Crippen LogP contribution is 2.34. The summed E-state index contributed by atoms with van der Waals surface area (Å²) in [6, 6.07) is 4.83. The molecule has 0 amide bonds. The number of rotatable bonds is 5. The Morgan fingerprint density at radius 3 is 2.46 bits per heavy atom. The second-order valence-corrected chi connectivity index (χ2v) is 7.18. The van der Waals surface area contributed by atoms with Crippen LogP contribution in [0.25, 0.3) is 0 Å². The van der Waals surface area contributed by atoms with E-state index < -0.39 is 23.0 Å². The number of Topliss-reactive ketones (excluding diaryl/α,β-unsaturated/α-hetero) is 1. The number of nitrogens with one attached hydrogen (secondary N) is 1. The molecule has 0 saturated heterocycles. The van der Waals surface area contributed by atoms with Gasteiger partial charge in [0.2, 0.25) is 0 Å². The van der Waals surface area contributed by atoms with Crippen LogP contribution in [-0.2, 0) is 10.9 Å². The summed E-state index contributed by atoms with van der Waals surface area (Å²) in [6.45, 7) is 4.89. The number of hydrogen-bond acceptors (Lipinski definition) is 4. The Morgan fingerprint density at radius 1 is 1.23 bits per heavy atom. The zero-order chi connectivity index (χ0) is 19.6. The van der Waals surface area contributed by atoms with Gasteiger partial charge in [-0.1, -0.05) is 6.07 Å². The lowest BCUT2D eigenvalue weighted by Gasteiger charge is -2.12. The first kappa shape index (κ1) is 20.1. The molecule has 0 aliphatic carbocycles. The zero-order valence-corrected chi connectivity index (χ0v) is 15.5. The predicted molar refractivity (Wildman–Crippen MR) is 92.7 cm³/mol. The van der Waals surface area contributed by atoms with Crippen LogP contribution in [0.1, 0.15) is 44.6 Å². The number of ether oxygens (including phenoxy) is 1. The van der Waals surface area contributed by atoms with Gasteiger partial charge in [0.1, 0.15) is 0 Å². The van der Waals surface area contributed by atoms with Gasteiger partial charge in [-0.2, -0.15) is 13.2 Å². The third-order valence-electron chi connectivity index (χ3n) is 3.92. The molecule has 0 spiro atoms. The van der Waals surface area contributed by atoms with Gasteiger partial charge in [0.25, 0.3) is 0 Å². The molecule has 0 bridgehead atoms. The lowest BCUT2D eigenvalue weighted by Crippen LogP contribution is -2.15. The summed E-state index contributed by atoms with van der Waals surface area (Å²) in [7, 11) is 1.25. The average molecular weight is 385 g/mol. The number of aromatic nitrogens is 1. The highest BCUT2D eigenvalue weighted by molar-refractivity contribution is 8.00. The van der Waals surface area contributed by atoms with Gasteiger partial charge < -0.3 is 9.72 Å². The van der Waals surface area contributed by atoms with Crippen LogP contribution in [0, 0.1) is 13.8 Å². The van der Waals surface area contributed by atoms with Gasteiger partial charge in [-0.3, -0.25) is 4.79 Å². The maximum atomic E-state index is 12.8. The van der Waals surface area contributed by atoms with Gasteiger partial charge in [-0.15, -0.1) is 11.8 Å². The minimum atomic E-state index is -4.44. The third kappa shape index (κ3) is 4.12. The molecule has 1 atom stereocenters. The van der Waals surface area contributed by atoms with E-state index in [4.69, 9.17) is 4.74 Å². The second-order valence-electron chi connectivity index (χ2n) is 5.77. The molecule has 26 heavy (non-hydrogen) atoms. The van der Waals surface area contributed by atoms with Crippen LogP contribution in [0.5, 0.6) is 0 Å². The van der Waals surface area contributed by atoms with Crippen molar-refractivity contribution in [1.82, 2.24) is 4.98 Å². The normalized spacial score (nSPS) is 12.7. The van der Waals surface area contributed by atoms with Crippen molar-refractivity contribution in [1.29, 1.82) is 0 Å². The van der Waals surface area contributed by atoms with E-state index in [0.717, 1.165) is 23.9 Å². The Labute approximate surface area is 153 Å². The summed E-state index contributed by atoms with van der Waals surface area (Å²) in [5, 5.41) is -0.638. The number of benzene rings is 1. The van der Waals surface area contributed by atoms with Crippen molar-refractivity contribution < 1.29 is 27.5 Å². The molecule has 2 aromatic rings. The number of hydrogen-bond donors (Lipinski definition) is 1. The van der Waals surface area contributed by atoms with Gasteiger partial charge in [0, 0.05) is 10.6 Å². The van der Waals surface area contributed by atoms with Crippen LogP contribution in [0.3, 0.4) is 0 Å². The predicted octanol–water partition coefficient (Wildman–Crippen LogP) is 4.80. The van der Waals surface area contributed by atoms with E-state index >= 15 is 0 Å². The molecule has 8 heteroatoms. The van der Waals surface area contributed by atoms with Crippen molar-refractivity contribution in [3.63, 3.8) is 0 Å². The van der Waals surface area contributed by atoms with Crippen LogP contribution in [0.15, 0.2) is 29.2 Å². The van der Waals surface area contributed by atoms with E-state index in [9.17, 15) is 22.8 Å². The van der Waals surface area contributed by atoms with Crippen LogP contribution in [0.4, 0.5) is 13.2 Å². The van der Waals surface area contributed by atoms with Gasteiger partial charge in [0.05, 0.1) is 29.2 Å². The Morgan fingerprint density at radius 2 is 1.88 bits per heavy atom. The van der Waals surface area contributed by atoms with Gasteiger partial charge in [-0.05, 0) is 44.5 Å². The molecule has 1 aromatic carbocycles. The summed E-state index contributed by atoms with van der Waals surface area (Å²) in [6.07, 6.45) is -4.44. The number of halogens is 3. The molecule has 2 rings (SSSR count). The van der Waals surface area contributed by atoms with Crippen LogP contribution in [-0.4, -0.2) is 29.1 Å². The van der Waals surface area contributed by atoms with Crippen molar-refractivity contribution in [2.24, 2.45) is 0 Å². The van der Waals surface area contributed by atoms with Crippen molar-refractivity contribution in [3.8, 4) is 0 Å². The smallest absolute Gasteiger partial charge is 0.416 e. The molecule has 1 N–H and O–H groups in total. The average Bonchev–Trinajstić information content (AvgIpc) is 2.87. The first-order valence-corrected chi connectivity index (χ1v) is 8.59. The molecule has 0 aliphatic heterocycles. The van der Waals surface area contributed by atoms with Crippen LogP contribution >= 0.6 is 11.8 Å². The molecular weight excluding hydrogens is 367 g/mol. The van der Waals surface area contributed by atoms with Crippen molar-refractivity contribution in [2.45, 2.75) is 37.1 Å². The fourth-order valence-electron chi connectivity index (χ4n) is 2.61. The Bertz CT molecular complexity index is 843. The van der Waals surface area contributed by atoms with E-state index in [1.807, 2.05) is 0 Å². The molecule has 0 radical (unpaired) electrons. The number of methoxy groups -OCH3 is 1. The van der Waals surface area contributed by atoms with Crippen molar-refractivity contribution in [2.75, 3.05) is 7.11 Å². The molecule has 0 fully saturated rings. The number of H-pyrrole nitrogens is 1. The monoisotopic (exact) mass is 385 g/mol. The summed E-state index contributed by atoms with van der Waals surface area (Å²) in [5.74, 6) is -0.850. The van der Waals surface area contributed by atoms with Crippen LogP contribution < -0.4 is 0 Å². The number of carbonyl (C=O) groups is 2. The molecule has 1 heterocycles. The minimum Gasteiger partial charge on any atom is -0.465 e. The number of thioether (sulfide) groups is 1. The van der Waals surface area contributed by atoms with E-state index in [0.29, 0.717) is 21.7 Å². The highest BCUT2D eigenvalue weighted by Gasteiger charge is 2.31. The van der Waals surface area contributed by atoms with Crippen molar-refractivity contribution in [3.05, 3.63) is 52.3 Å². The topological polar surface area (TPSA) is 59.2 Å². The second kappa shape index (κ2) is 7.57. The summed E-state index contributed by atoms with van der Waals surface area (Å²) in [5.41, 5.74) is 0.772. The molecule has 4 nitrogen and oxygen atoms in total. The summed E-state index contributed by atoms with van der Waals surface area (Å²) >= 11 is 1.03. The van der Waals surface area contributed by atoms with Gasteiger partial charge in [-0.25, -0.2) is 4.79 Å². The standard InChI is InChI=1S/C18H18F3NO3S/c1-9-14(17(24)25-4)10(2)22-15(9)16(23)11(3)26-13-7-5-6-12(8-13)18(19,20)21/h5-8,11,22H,1-4H3/t11-/m0/s1. The number of alkyl halides is 3. The Hall–Kier alpha value is -2.22. The van der Waals surface area contributed by atoms with E-state index in [1.165, 1.54) is 19.2 Å². The maximum Gasteiger partial charge on any atom is 0.416 e. The largest absolute Gasteiger partial charge is 0.465 e. The maximum absolute atomic E-state index is 12.8. The zero-order valence-electron chi connectivity index (χ0n) is 14.7. The summed E-state index contributed by atoms with van der Waals surface area (Å²) in [4.78, 5) is 27.7.